The molecular weight excluding hydrogens is 243 g/mol. The molecule has 3 nitrogen and oxygen atoms in total. The molecule has 0 saturated heterocycles. The third-order valence-electron chi connectivity index (χ3n) is 4.12. The summed E-state index contributed by atoms with van der Waals surface area (Å²) in [5.74, 6) is 5.57. The van der Waals surface area contributed by atoms with E-state index in [-0.39, 0.29) is 17.5 Å². The molecule has 3 N–H and O–H groups in total. The number of nitrogens with one attached hydrogen (secondary N) is 1. The van der Waals surface area contributed by atoms with E-state index in [0.29, 0.717) is 6.61 Å². The standard InChI is InChI=1S/C15H23FN2O/c1-3-19-15(8-4-5-9-15)14(18-17)13-7-6-12(16)10-11(13)2/h6-7,10,14,18H,3-5,8-9,17H2,1-2H3. The van der Waals surface area contributed by atoms with Crippen molar-refractivity contribution in [3.8, 4) is 0 Å². The number of nitrogens with two attached hydrogens (primary N) is 1. The van der Waals surface area contributed by atoms with Gasteiger partial charge in [-0.1, -0.05) is 18.9 Å². The topological polar surface area (TPSA) is 47.3 Å². The maximum Gasteiger partial charge on any atom is 0.123 e. The molecule has 4 heteroatoms. The lowest BCUT2D eigenvalue weighted by atomic mass is 9.85. The van der Waals surface area contributed by atoms with Crippen LogP contribution in [0.1, 0.15) is 49.8 Å². The highest BCUT2D eigenvalue weighted by Crippen LogP contribution is 2.43. The Morgan fingerprint density at radius 2 is 2.11 bits per heavy atom. The summed E-state index contributed by atoms with van der Waals surface area (Å²) >= 11 is 0. The fourth-order valence-corrected chi connectivity index (χ4v) is 3.27. The van der Waals surface area contributed by atoms with Crippen LogP contribution in [0.2, 0.25) is 0 Å². The highest BCUT2D eigenvalue weighted by molar-refractivity contribution is 5.32. The Kier molecular flexibility index (Phi) is 4.55. The van der Waals surface area contributed by atoms with Gasteiger partial charge in [0.25, 0.3) is 0 Å². The molecule has 1 fully saturated rings. The van der Waals surface area contributed by atoms with Crippen molar-refractivity contribution in [2.45, 2.75) is 51.2 Å². The summed E-state index contributed by atoms with van der Waals surface area (Å²) in [5.41, 5.74) is 4.58. The monoisotopic (exact) mass is 266 g/mol. The van der Waals surface area contributed by atoms with E-state index in [9.17, 15) is 4.39 Å². The van der Waals surface area contributed by atoms with E-state index in [1.165, 1.54) is 6.07 Å². The van der Waals surface area contributed by atoms with Crippen LogP contribution >= 0.6 is 0 Å². The lowest BCUT2D eigenvalue weighted by Crippen LogP contribution is -2.47. The molecule has 19 heavy (non-hydrogen) atoms. The van der Waals surface area contributed by atoms with Gasteiger partial charge in [0, 0.05) is 6.61 Å². The Labute approximate surface area is 114 Å². The average molecular weight is 266 g/mol. The van der Waals surface area contributed by atoms with Crippen molar-refractivity contribution in [3.05, 3.63) is 35.1 Å². The fraction of sp³-hybridized carbons (Fsp3) is 0.600. The zero-order chi connectivity index (χ0) is 13.9. The molecule has 0 heterocycles. The number of rotatable bonds is 5. The van der Waals surface area contributed by atoms with Gasteiger partial charge in [0.05, 0.1) is 11.6 Å². The number of hydrogen-bond donors (Lipinski definition) is 2. The molecule has 1 aliphatic rings. The quantitative estimate of drug-likeness (QED) is 0.636. The molecule has 1 aliphatic carbocycles. The van der Waals surface area contributed by atoms with E-state index in [1.54, 1.807) is 6.07 Å². The van der Waals surface area contributed by atoms with Gasteiger partial charge in [-0.15, -0.1) is 0 Å². The van der Waals surface area contributed by atoms with Crippen LogP contribution in [0.25, 0.3) is 0 Å². The maximum absolute atomic E-state index is 13.3. The largest absolute Gasteiger partial charge is 0.373 e. The van der Waals surface area contributed by atoms with Crippen LogP contribution in [0.4, 0.5) is 4.39 Å². The molecule has 1 unspecified atom stereocenters. The molecule has 106 valence electrons. The van der Waals surface area contributed by atoms with E-state index in [2.05, 4.69) is 5.43 Å². The number of benzene rings is 1. The van der Waals surface area contributed by atoms with E-state index in [4.69, 9.17) is 10.6 Å². The van der Waals surface area contributed by atoms with Gasteiger partial charge in [-0.05, 0) is 49.9 Å². The average Bonchev–Trinajstić information content (AvgIpc) is 2.83. The minimum absolute atomic E-state index is 0.0875. The van der Waals surface area contributed by atoms with Crippen LogP contribution in [0.3, 0.4) is 0 Å². The predicted molar refractivity (Wildman–Crippen MR) is 74.0 cm³/mol. The molecule has 1 saturated carbocycles. The van der Waals surface area contributed by atoms with Gasteiger partial charge in [0.2, 0.25) is 0 Å². The van der Waals surface area contributed by atoms with Crippen molar-refractivity contribution in [2.75, 3.05) is 6.61 Å². The Morgan fingerprint density at radius 1 is 1.42 bits per heavy atom. The van der Waals surface area contributed by atoms with Crippen molar-refractivity contribution in [3.63, 3.8) is 0 Å². The molecule has 2 rings (SSSR count). The second kappa shape index (κ2) is 5.99. The number of ether oxygens (including phenoxy) is 1. The Hall–Kier alpha value is -0.970. The summed E-state index contributed by atoms with van der Waals surface area (Å²) in [6.07, 6.45) is 4.29. The van der Waals surface area contributed by atoms with Crippen LogP contribution in [-0.2, 0) is 4.74 Å². The first-order valence-electron chi connectivity index (χ1n) is 6.99. The molecular formula is C15H23FN2O. The molecule has 0 spiro atoms. The van der Waals surface area contributed by atoms with Crippen LogP contribution < -0.4 is 11.3 Å². The van der Waals surface area contributed by atoms with E-state index < -0.39 is 0 Å². The summed E-state index contributed by atoms with van der Waals surface area (Å²) in [5, 5.41) is 0. The van der Waals surface area contributed by atoms with Crippen LogP contribution in [0.15, 0.2) is 18.2 Å². The minimum Gasteiger partial charge on any atom is -0.373 e. The first kappa shape index (κ1) is 14.4. The van der Waals surface area contributed by atoms with Gasteiger partial charge >= 0.3 is 0 Å². The smallest absolute Gasteiger partial charge is 0.123 e. The van der Waals surface area contributed by atoms with Crippen molar-refractivity contribution in [1.82, 2.24) is 5.43 Å². The normalized spacial score (nSPS) is 19.6. The number of halogens is 1. The van der Waals surface area contributed by atoms with E-state index >= 15 is 0 Å². The summed E-state index contributed by atoms with van der Waals surface area (Å²) in [6, 6.07) is 4.76. The molecule has 0 bridgehead atoms. The lowest BCUT2D eigenvalue weighted by molar-refractivity contribution is -0.0628. The molecule has 0 radical (unpaired) electrons. The van der Waals surface area contributed by atoms with Gasteiger partial charge in [0.1, 0.15) is 5.82 Å². The summed E-state index contributed by atoms with van der Waals surface area (Å²) in [4.78, 5) is 0. The molecule has 1 atom stereocenters. The van der Waals surface area contributed by atoms with Crippen LogP contribution in [0, 0.1) is 12.7 Å². The minimum atomic E-state index is -0.258. The molecule has 1 aromatic rings. The maximum atomic E-state index is 13.3. The zero-order valence-corrected chi connectivity index (χ0v) is 11.7. The highest BCUT2D eigenvalue weighted by atomic mass is 19.1. The zero-order valence-electron chi connectivity index (χ0n) is 11.7. The molecule has 0 amide bonds. The van der Waals surface area contributed by atoms with Gasteiger partial charge in [-0.3, -0.25) is 11.3 Å². The molecule has 1 aromatic carbocycles. The van der Waals surface area contributed by atoms with Crippen molar-refractivity contribution >= 4 is 0 Å². The van der Waals surface area contributed by atoms with Crippen LogP contribution in [0.5, 0.6) is 0 Å². The number of hydrazine groups is 1. The summed E-state index contributed by atoms with van der Waals surface area (Å²) in [6.45, 7) is 4.58. The predicted octanol–water partition coefficient (Wildman–Crippen LogP) is 2.99. The van der Waals surface area contributed by atoms with Crippen molar-refractivity contribution in [1.29, 1.82) is 0 Å². The highest BCUT2D eigenvalue weighted by Gasteiger charge is 2.43. The van der Waals surface area contributed by atoms with Crippen molar-refractivity contribution < 1.29 is 9.13 Å². The van der Waals surface area contributed by atoms with Gasteiger partial charge < -0.3 is 4.74 Å². The second-order valence-electron chi connectivity index (χ2n) is 5.31. The third kappa shape index (κ3) is 2.81. The van der Waals surface area contributed by atoms with Gasteiger partial charge in [-0.2, -0.15) is 0 Å². The van der Waals surface area contributed by atoms with E-state index in [1.807, 2.05) is 19.9 Å². The fourth-order valence-electron chi connectivity index (χ4n) is 3.27. The Balaban J connectivity index is 2.36. The van der Waals surface area contributed by atoms with Gasteiger partial charge in [-0.25, -0.2) is 4.39 Å². The Bertz CT molecular complexity index is 430. The number of aryl methyl sites for hydroxylation is 1. The SMILES string of the molecule is CCOC1(C(NN)c2ccc(F)cc2C)CCCC1. The first-order valence-corrected chi connectivity index (χ1v) is 6.99. The van der Waals surface area contributed by atoms with Crippen LogP contribution in [-0.4, -0.2) is 12.2 Å². The molecule has 0 aliphatic heterocycles. The van der Waals surface area contributed by atoms with Gasteiger partial charge in [0.15, 0.2) is 0 Å². The second-order valence-corrected chi connectivity index (χ2v) is 5.31. The van der Waals surface area contributed by atoms with Crippen molar-refractivity contribution in [2.24, 2.45) is 5.84 Å². The van der Waals surface area contributed by atoms with E-state index in [0.717, 1.165) is 36.8 Å². The Morgan fingerprint density at radius 3 is 2.63 bits per heavy atom. The third-order valence-corrected chi connectivity index (χ3v) is 4.12. The lowest BCUT2D eigenvalue weighted by Gasteiger charge is -2.38. The molecule has 0 aromatic heterocycles. The summed E-state index contributed by atoms with van der Waals surface area (Å²) < 4.78 is 19.3. The first-order chi connectivity index (χ1) is 9.13. The summed E-state index contributed by atoms with van der Waals surface area (Å²) in [7, 11) is 0. The number of hydrogen-bond acceptors (Lipinski definition) is 3.